The van der Waals surface area contributed by atoms with Crippen molar-refractivity contribution in [2.75, 3.05) is 28.4 Å². The molecule has 0 spiro atoms. The van der Waals surface area contributed by atoms with Crippen molar-refractivity contribution in [3.05, 3.63) is 191 Å². The third-order valence-corrected chi connectivity index (χ3v) is 9.67. The Hall–Kier alpha value is -5.17. The van der Waals surface area contributed by atoms with Gasteiger partial charge in [0.15, 0.2) is 11.2 Å². The average molecular weight is 686 g/mol. The zero-order chi connectivity index (χ0) is 35.0. The Bertz CT molecular complexity index is 1770. The zero-order valence-electron chi connectivity index (χ0n) is 28.5. The van der Waals surface area contributed by atoms with Gasteiger partial charge in [-0.1, -0.05) is 133 Å². The van der Waals surface area contributed by atoms with Crippen LogP contribution in [0.15, 0.2) is 158 Å². The Balaban J connectivity index is 1.66. The molecule has 0 aromatic heterocycles. The van der Waals surface area contributed by atoms with Crippen molar-refractivity contribution in [2.45, 2.75) is 11.2 Å². The predicted octanol–water partition coefficient (Wildman–Crippen LogP) is 9.22. The molecule has 50 heavy (non-hydrogen) atoms. The Morgan fingerprint density at radius 2 is 0.600 bits per heavy atom. The van der Waals surface area contributed by atoms with Gasteiger partial charge in [0.2, 0.25) is 0 Å². The molecule has 0 bridgehead atoms. The van der Waals surface area contributed by atoms with Crippen molar-refractivity contribution in [3.8, 4) is 23.0 Å². The monoisotopic (exact) mass is 685 g/mol. The topological polar surface area (TPSA) is 81.4 Å². The van der Waals surface area contributed by atoms with Crippen LogP contribution in [-0.4, -0.2) is 28.4 Å². The smallest absolute Gasteiger partial charge is 0.256 e. The van der Waals surface area contributed by atoms with Crippen molar-refractivity contribution in [1.29, 1.82) is 0 Å². The number of para-hydroxylation sites is 4. The number of methoxy groups -OCH3 is 4. The first kappa shape index (κ1) is 34.7. The van der Waals surface area contributed by atoms with Gasteiger partial charge in [0.1, 0.15) is 23.0 Å². The molecule has 2 N–H and O–H groups in total. The summed E-state index contributed by atoms with van der Waals surface area (Å²) in [5.74, 6) is 2.42. The van der Waals surface area contributed by atoms with Crippen LogP contribution in [0.1, 0.15) is 33.4 Å². The molecule has 0 amide bonds. The Kier molecular flexibility index (Phi) is 10.8. The van der Waals surface area contributed by atoms with Crippen molar-refractivity contribution in [2.24, 2.45) is 5.50 Å². The highest BCUT2D eigenvalue weighted by Gasteiger charge is 2.49. The second kappa shape index (κ2) is 15.6. The highest BCUT2D eigenvalue weighted by Crippen LogP contribution is 2.58. The van der Waals surface area contributed by atoms with E-state index < -0.39 is 19.7 Å². The third-order valence-electron chi connectivity index (χ3n) is 8.76. The third kappa shape index (κ3) is 6.33. The number of hydrogen-bond donors (Lipinski definition) is 1. The van der Waals surface area contributed by atoms with Crippen molar-refractivity contribution in [1.82, 2.24) is 0 Å². The van der Waals surface area contributed by atoms with Crippen molar-refractivity contribution < 1.29 is 28.0 Å². The number of benzene rings is 6. The van der Waals surface area contributed by atoms with Gasteiger partial charge in [-0.05, 0) is 35.4 Å². The molecular weight excluding hydrogens is 645 g/mol. The van der Waals surface area contributed by atoms with Crippen LogP contribution in [0.25, 0.3) is 0 Å². The zero-order valence-corrected chi connectivity index (χ0v) is 29.4. The van der Waals surface area contributed by atoms with E-state index in [4.69, 9.17) is 33.5 Å². The van der Waals surface area contributed by atoms with Gasteiger partial charge in [-0.2, -0.15) is 0 Å². The lowest BCUT2D eigenvalue weighted by Gasteiger charge is -2.42. The maximum absolute atomic E-state index is 7.33. The van der Waals surface area contributed by atoms with E-state index in [0.717, 1.165) is 33.4 Å². The van der Waals surface area contributed by atoms with Crippen LogP contribution in [-0.2, 0) is 20.2 Å². The Morgan fingerprint density at radius 3 is 0.860 bits per heavy atom. The van der Waals surface area contributed by atoms with Crippen LogP contribution in [0, 0.1) is 0 Å². The molecule has 6 aromatic carbocycles. The van der Waals surface area contributed by atoms with E-state index in [2.05, 4.69) is 0 Å². The molecule has 0 unspecified atom stereocenters. The quantitative estimate of drug-likeness (QED) is 0.0905. The fourth-order valence-electron chi connectivity index (χ4n) is 6.59. The summed E-state index contributed by atoms with van der Waals surface area (Å²) in [6.45, 7) is 0. The predicted molar refractivity (Wildman–Crippen MR) is 198 cm³/mol. The molecule has 0 atom stereocenters. The van der Waals surface area contributed by atoms with E-state index >= 15 is 0 Å². The molecule has 0 heterocycles. The summed E-state index contributed by atoms with van der Waals surface area (Å²) in [6, 6.07) is 50.9. The van der Waals surface area contributed by atoms with Crippen LogP contribution in [0.5, 0.6) is 23.0 Å². The van der Waals surface area contributed by atoms with Crippen LogP contribution in [0.4, 0.5) is 0 Å². The number of ether oxygens (including phenoxy) is 4. The fourth-order valence-corrected chi connectivity index (χ4v) is 7.77. The minimum atomic E-state index is -2.29. The first-order chi connectivity index (χ1) is 24.5. The van der Waals surface area contributed by atoms with Gasteiger partial charge >= 0.3 is 0 Å². The molecule has 0 fully saturated rings. The lowest BCUT2D eigenvalue weighted by molar-refractivity contribution is 0.0886. The summed E-state index contributed by atoms with van der Waals surface area (Å²) in [6.07, 6.45) is 0. The number of nitrogens with two attached hydrogens (primary N) is 1. The molecule has 0 saturated heterocycles. The molecule has 254 valence electrons. The molecular formula is C42H40NO6P. The summed E-state index contributed by atoms with van der Waals surface area (Å²) in [4.78, 5) is 0. The lowest BCUT2D eigenvalue weighted by atomic mass is 9.79. The van der Waals surface area contributed by atoms with Crippen LogP contribution in [0.3, 0.4) is 0 Å². The van der Waals surface area contributed by atoms with E-state index in [0.29, 0.717) is 23.0 Å². The van der Waals surface area contributed by atoms with Gasteiger partial charge in [0.25, 0.3) is 8.53 Å². The SMILES string of the molecule is COc1ccccc1C(OP(N)OC(c1ccccc1)(c1ccccc1OC)c1ccccc1OC)(c1ccccc1)c1ccccc1OC. The van der Waals surface area contributed by atoms with Gasteiger partial charge < -0.3 is 28.0 Å². The number of hydrogen-bond acceptors (Lipinski definition) is 7. The fraction of sp³-hybridized carbons (Fsp3) is 0.143. The summed E-state index contributed by atoms with van der Waals surface area (Å²) in [5, 5.41) is 0. The van der Waals surface area contributed by atoms with Crippen LogP contribution in [0.2, 0.25) is 0 Å². The molecule has 6 rings (SSSR count). The molecule has 0 aliphatic carbocycles. The largest absolute Gasteiger partial charge is 0.496 e. The first-order valence-electron chi connectivity index (χ1n) is 16.1. The lowest BCUT2D eigenvalue weighted by Crippen LogP contribution is -2.37. The molecule has 0 radical (unpaired) electrons. The normalized spacial score (nSPS) is 11.6. The van der Waals surface area contributed by atoms with Crippen molar-refractivity contribution in [3.63, 3.8) is 0 Å². The molecule has 0 aliphatic heterocycles. The van der Waals surface area contributed by atoms with Gasteiger partial charge in [0.05, 0.1) is 28.4 Å². The van der Waals surface area contributed by atoms with Crippen LogP contribution >= 0.6 is 8.53 Å². The average Bonchev–Trinajstić information content (AvgIpc) is 3.19. The summed E-state index contributed by atoms with van der Waals surface area (Å²) >= 11 is 0. The van der Waals surface area contributed by atoms with Gasteiger partial charge in [-0.3, -0.25) is 5.50 Å². The van der Waals surface area contributed by atoms with Crippen LogP contribution < -0.4 is 24.5 Å². The van der Waals surface area contributed by atoms with E-state index in [-0.39, 0.29) is 0 Å². The Morgan fingerprint density at radius 1 is 0.360 bits per heavy atom. The minimum Gasteiger partial charge on any atom is -0.496 e. The minimum absolute atomic E-state index is 0.606. The first-order valence-corrected chi connectivity index (χ1v) is 17.4. The van der Waals surface area contributed by atoms with Crippen molar-refractivity contribution >= 4 is 8.53 Å². The maximum Gasteiger partial charge on any atom is 0.256 e. The molecule has 6 aromatic rings. The molecule has 0 aliphatic rings. The molecule has 0 saturated carbocycles. The number of rotatable bonds is 14. The van der Waals surface area contributed by atoms with Gasteiger partial charge in [-0.25, -0.2) is 0 Å². The second-order valence-electron chi connectivity index (χ2n) is 11.4. The van der Waals surface area contributed by atoms with E-state index in [1.807, 2.05) is 158 Å². The van der Waals surface area contributed by atoms with Gasteiger partial charge in [-0.15, -0.1) is 0 Å². The maximum atomic E-state index is 7.33. The molecule has 8 heteroatoms. The summed E-state index contributed by atoms with van der Waals surface area (Å²) in [5.41, 5.74) is 9.07. The standard InChI is InChI=1S/C42H40NO6P/c1-44-37-27-15-11-23-33(37)41(31-19-7-5-8-20-31,34-24-12-16-28-38(34)45-2)48-50(43)49-42(32-21-9-6-10-22-32,35-25-13-17-29-39(35)46-3)36-26-14-18-30-40(36)47-4/h5-30H,43H2,1-4H3. The second-order valence-corrected chi connectivity index (χ2v) is 12.3. The highest BCUT2D eigenvalue weighted by molar-refractivity contribution is 7.44. The van der Waals surface area contributed by atoms with Gasteiger partial charge in [0, 0.05) is 22.3 Å². The summed E-state index contributed by atoms with van der Waals surface area (Å²) < 4.78 is 38.6. The van der Waals surface area contributed by atoms with E-state index in [9.17, 15) is 0 Å². The molecule has 7 nitrogen and oxygen atoms in total. The van der Waals surface area contributed by atoms with E-state index in [1.54, 1.807) is 28.4 Å². The van der Waals surface area contributed by atoms with E-state index in [1.165, 1.54) is 0 Å². The summed E-state index contributed by atoms with van der Waals surface area (Å²) in [7, 11) is 4.27. The highest BCUT2D eigenvalue weighted by atomic mass is 31.2. The Labute approximate surface area is 295 Å².